The first-order valence-electron chi connectivity index (χ1n) is 9.90. The topological polar surface area (TPSA) is 87.3 Å². The number of ether oxygens (including phenoxy) is 1. The molecule has 0 aliphatic carbocycles. The van der Waals surface area contributed by atoms with E-state index in [-0.39, 0.29) is 11.6 Å². The quantitative estimate of drug-likeness (QED) is 0.819. The highest BCUT2D eigenvalue weighted by atomic mass is 16.5. The van der Waals surface area contributed by atoms with Gasteiger partial charge in [0.15, 0.2) is 0 Å². The Morgan fingerprint density at radius 3 is 2.68 bits per heavy atom. The third kappa shape index (κ3) is 4.52. The predicted octanol–water partition coefficient (Wildman–Crippen LogP) is 3.86. The van der Waals surface area contributed by atoms with Crippen LogP contribution in [0.4, 0.5) is 10.5 Å². The second-order valence-corrected chi connectivity index (χ2v) is 7.16. The van der Waals surface area contributed by atoms with Crippen molar-refractivity contribution in [1.29, 1.82) is 0 Å². The lowest BCUT2D eigenvalue weighted by molar-refractivity contribution is 0.200. The van der Waals surface area contributed by atoms with Crippen LogP contribution in [0.1, 0.15) is 43.9 Å². The van der Waals surface area contributed by atoms with Gasteiger partial charge >= 0.3 is 6.03 Å². The molecule has 0 atom stereocenters. The summed E-state index contributed by atoms with van der Waals surface area (Å²) in [6.07, 6.45) is 4.11. The van der Waals surface area contributed by atoms with Crippen LogP contribution < -0.4 is 15.6 Å². The molecule has 2 aromatic rings. The van der Waals surface area contributed by atoms with E-state index in [2.05, 4.69) is 15.3 Å². The molecular weight excluding hydrogens is 356 g/mol. The zero-order valence-corrected chi connectivity index (χ0v) is 16.8. The Bertz CT molecular complexity index is 901. The normalized spacial score (nSPS) is 14.0. The molecule has 7 nitrogen and oxygen atoms in total. The number of amides is 2. The maximum atomic E-state index is 12.5. The van der Waals surface area contributed by atoms with Crippen LogP contribution in [0.5, 0.6) is 5.75 Å². The number of aromatic amines is 1. The van der Waals surface area contributed by atoms with E-state index < -0.39 is 0 Å². The van der Waals surface area contributed by atoms with E-state index in [9.17, 15) is 9.59 Å². The average Bonchev–Trinajstić information content (AvgIpc) is 2.71. The number of aryl methyl sites for hydroxylation is 1. The second-order valence-electron chi connectivity index (χ2n) is 7.16. The number of nitrogens with zero attached hydrogens (tertiary/aromatic N) is 2. The third-order valence-electron chi connectivity index (χ3n) is 4.99. The second kappa shape index (κ2) is 8.91. The zero-order valence-electron chi connectivity index (χ0n) is 16.8. The first kappa shape index (κ1) is 19.9. The number of hydrogen-bond donors (Lipinski definition) is 2. The lowest BCUT2D eigenvalue weighted by Gasteiger charge is -2.27. The third-order valence-corrected chi connectivity index (χ3v) is 4.99. The molecule has 1 aromatic carbocycles. The van der Waals surface area contributed by atoms with Crippen LogP contribution in [-0.4, -0.2) is 40.6 Å². The van der Waals surface area contributed by atoms with Crippen molar-refractivity contribution in [2.75, 3.05) is 25.0 Å². The van der Waals surface area contributed by atoms with E-state index in [4.69, 9.17) is 4.74 Å². The number of rotatable bonds is 5. The molecule has 1 aliphatic heterocycles. The summed E-state index contributed by atoms with van der Waals surface area (Å²) in [5.74, 6) is 1.07. The van der Waals surface area contributed by atoms with Crippen LogP contribution in [0, 0.1) is 13.8 Å². The fraction of sp³-hybridized carbons (Fsp3) is 0.476. The van der Waals surface area contributed by atoms with E-state index in [0.717, 1.165) is 32.4 Å². The highest BCUT2D eigenvalue weighted by molar-refractivity contribution is 5.90. The van der Waals surface area contributed by atoms with Gasteiger partial charge in [-0.2, -0.15) is 0 Å². The van der Waals surface area contributed by atoms with Gasteiger partial charge in [0.1, 0.15) is 11.6 Å². The van der Waals surface area contributed by atoms with Crippen LogP contribution in [-0.2, 0) is 0 Å². The van der Waals surface area contributed by atoms with E-state index >= 15 is 0 Å². The maximum absolute atomic E-state index is 12.5. The molecule has 0 bridgehead atoms. The van der Waals surface area contributed by atoms with Gasteiger partial charge in [0.05, 0.1) is 12.2 Å². The van der Waals surface area contributed by atoms with Crippen molar-refractivity contribution in [2.45, 2.75) is 46.5 Å². The molecule has 1 saturated heterocycles. The van der Waals surface area contributed by atoms with E-state index in [0.29, 0.717) is 40.7 Å². The SMILES string of the molecule is CCCOc1ccc(NC(=O)N2CCCCC2)cc1-c1nc(C)c(C)c(=O)[nH]1. The fourth-order valence-corrected chi connectivity index (χ4v) is 3.20. The van der Waals surface area contributed by atoms with Crippen LogP contribution in [0.2, 0.25) is 0 Å². The minimum absolute atomic E-state index is 0.102. The summed E-state index contributed by atoms with van der Waals surface area (Å²) in [7, 11) is 0. The van der Waals surface area contributed by atoms with Gasteiger partial charge in [0, 0.05) is 30.0 Å². The zero-order chi connectivity index (χ0) is 20.1. The molecule has 1 aliphatic rings. The summed E-state index contributed by atoms with van der Waals surface area (Å²) in [6, 6.07) is 5.33. The van der Waals surface area contributed by atoms with Crippen molar-refractivity contribution in [2.24, 2.45) is 0 Å². The van der Waals surface area contributed by atoms with Crippen LogP contribution in [0.3, 0.4) is 0 Å². The predicted molar refractivity (Wildman–Crippen MR) is 110 cm³/mol. The van der Waals surface area contributed by atoms with Gasteiger partial charge in [-0.15, -0.1) is 0 Å². The molecular formula is C21H28N4O3. The molecule has 2 N–H and O–H groups in total. The van der Waals surface area contributed by atoms with Crippen molar-refractivity contribution >= 4 is 11.7 Å². The Morgan fingerprint density at radius 1 is 1.25 bits per heavy atom. The lowest BCUT2D eigenvalue weighted by atomic mass is 10.1. The molecule has 7 heteroatoms. The molecule has 0 radical (unpaired) electrons. The number of aromatic nitrogens is 2. The summed E-state index contributed by atoms with van der Waals surface area (Å²) >= 11 is 0. The number of benzene rings is 1. The summed E-state index contributed by atoms with van der Waals surface area (Å²) in [5, 5.41) is 2.96. The van der Waals surface area contributed by atoms with Gasteiger partial charge in [0.2, 0.25) is 0 Å². The minimum Gasteiger partial charge on any atom is -0.493 e. The number of anilines is 1. The standard InChI is InChI=1S/C21H28N4O3/c1-4-12-28-18-9-8-16(23-21(27)25-10-6-5-7-11-25)13-17(18)19-22-15(3)14(2)20(26)24-19/h8-9,13H,4-7,10-12H2,1-3H3,(H,23,27)(H,22,24,26). The van der Waals surface area contributed by atoms with E-state index in [1.165, 1.54) is 6.42 Å². The number of nitrogens with one attached hydrogen (secondary N) is 2. The number of H-pyrrole nitrogens is 1. The molecule has 150 valence electrons. The number of urea groups is 1. The Balaban J connectivity index is 1.93. The summed E-state index contributed by atoms with van der Waals surface area (Å²) in [6.45, 7) is 7.70. The smallest absolute Gasteiger partial charge is 0.321 e. The van der Waals surface area contributed by atoms with Gasteiger partial charge in [0.25, 0.3) is 5.56 Å². The van der Waals surface area contributed by atoms with E-state index in [1.807, 2.05) is 30.9 Å². The largest absolute Gasteiger partial charge is 0.493 e. The summed E-state index contributed by atoms with van der Waals surface area (Å²) < 4.78 is 5.84. The number of likely N-dealkylation sites (tertiary alicyclic amines) is 1. The fourth-order valence-electron chi connectivity index (χ4n) is 3.20. The van der Waals surface area contributed by atoms with Gasteiger partial charge in [-0.1, -0.05) is 6.92 Å². The maximum Gasteiger partial charge on any atom is 0.321 e. The molecule has 0 unspecified atom stereocenters. The average molecular weight is 384 g/mol. The molecule has 0 saturated carbocycles. The summed E-state index contributed by atoms with van der Waals surface area (Å²) in [5.41, 5.74) is 2.39. The number of hydrogen-bond acceptors (Lipinski definition) is 4. The van der Waals surface area contributed by atoms with Crippen LogP contribution in [0.15, 0.2) is 23.0 Å². The van der Waals surface area contributed by atoms with Crippen LogP contribution >= 0.6 is 0 Å². The van der Waals surface area contributed by atoms with Gasteiger partial charge in [-0.25, -0.2) is 9.78 Å². The number of piperidine rings is 1. The highest BCUT2D eigenvalue weighted by Gasteiger charge is 2.18. The number of carbonyl (C=O) groups excluding carboxylic acids is 1. The molecule has 1 aromatic heterocycles. The van der Waals surface area contributed by atoms with Gasteiger partial charge in [-0.05, 0) is 57.7 Å². The minimum atomic E-state index is -0.174. The van der Waals surface area contributed by atoms with Crippen molar-refractivity contribution in [1.82, 2.24) is 14.9 Å². The van der Waals surface area contributed by atoms with E-state index in [1.54, 1.807) is 13.0 Å². The van der Waals surface area contributed by atoms with Crippen molar-refractivity contribution in [3.05, 3.63) is 39.8 Å². The Hall–Kier alpha value is -2.83. The first-order chi connectivity index (χ1) is 13.5. The Morgan fingerprint density at radius 2 is 2.00 bits per heavy atom. The van der Waals surface area contributed by atoms with Crippen molar-refractivity contribution < 1.29 is 9.53 Å². The van der Waals surface area contributed by atoms with Crippen LogP contribution in [0.25, 0.3) is 11.4 Å². The molecule has 2 amide bonds. The molecule has 1 fully saturated rings. The molecule has 3 rings (SSSR count). The Labute approximate surface area is 165 Å². The summed E-state index contributed by atoms with van der Waals surface area (Å²) in [4.78, 5) is 33.9. The van der Waals surface area contributed by atoms with Crippen molar-refractivity contribution in [3.8, 4) is 17.1 Å². The Kier molecular flexibility index (Phi) is 6.34. The first-order valence-corrected chi connectivity index (χ1v) is 9.90. The molecule has 0 spiro atoms. The lowest BCUT2D eigenvalue weighted by Crippen LogP contribution is -2.38. The highest BCUT2D eigenvalue weighted by Crippen LogP contribution is 2.31. The molecule has 28 heavy (non-hydrogen) atoms. The van der Waals surface area contributed by atoms with Gasteiger partial charge < -0.3 is 19.9 Å². The number of carbonyl (C=O) groups is 1. The molecule has 2 heterocycles. The van der Waals surface area contributed by atoms with Crippen molar-refractivity contribution in [3.63, 3.8) is 0 Å². The monoisotopic (exact) mass is 384 g/mol. The van der Waals surface area contributed by atoms with Gasteiger partial charge in [-0.3, -0.25) is 4.79 Å².